The Balaban J connectivity index is 1.37. The molecule has 156 valence electrons. The van der Waals surface area contributed by atoms with Crippen molar-refractivity contribution in [2.24, 2.45) is 10.3 Å². The van der Waals surface area contributed by atoms with Gasteiger partial charge < -0.3 is 4.52 Å². The largest absolute Gasteiger partial charge is 0.337 e. The molecule has 3 aromatic rings. The maximum atomic E-state index is 13.1. The van der Waals surface area contributed by atoms with E-state index in [0.29, 0.717) is 11.5 Å². The summed E-state index contributed by atoms with van der Waals surface area (Å²) in [4.78, 5) is 31.6. The van der Waals surface area contributed by atoms with Gasteiger partial charge in [0.15, 0.2) is 12.1 Å². The van der Waals surface area contributed by atoms with Gasteiger partial charge in [0, 0.05) is 10.0 Å². The number of aromatic nitrogens is 2. The van der Waals surface area contributed by atoms with Crippen molar-refractivity contribution in [3.63, 3.8) is 0 Å². The predicted molar refractivity (Wildman–Crippen MR) is 114 cm³/mol. The average Bonchev–Trinajstić information content (AvgIpc) is 3.43. The number of benzene rings is 2. The first-order valence-electron chi connectivity index (χ1n) is 9.63. The number of amides is 2. The Kier molecular flexibility index (Phi) is 4.66. The zero-order chi connectivity index (χ0) is 21.7. The third kappa shape index (κ3) is 3.32. The lowest BCUT2D eigenvalue weighted by molar-refractivity contribution is -0.123. The van der Waals surface area contributed by atoms with E-state index in [1.807, 2.05) is 50.2 Å². The molecule has 5 rings (SSSR count). The molecule has 2 atom stereocenters. The van der Waals surface area contributed by atoms with Crippen molar-refractivity contribution >= 4 is 33.4 Å². The number of aryl methyl sites for hydroxylation is 2. The van der Waals surface area contributed by atoms with E-state index in [9.17, 15) is 9.59 Å². The highest BCUT2D eigenvalue weighted by atomic mass is 79.9. The molecule has 2 aromatic carbocycles. The number of hydrogen-bond donors (Lipinski definition) is 0. The second-order valence-corrected chi connectivity index (χ2v) is 8.41. The van der Waals surface area contributed by atoms with Crippen LogP contribution in [-0.2, 0) is 16.1 Å². The Labute approximate surface area is 185 Å². The van der Waals surface area contributed by atoms with Crippen molar-refractivity contribution in [3.05, 3.63) is 64.0 Å². The molecule has 3 heterocycles. The quantitative estimate of drug-likeness (QED) is 0.528. The van der Waals surface area contributed by atoms with Crippen LogP contribution in [-0.4, -0.2) is 39.0 Å². The molecule has 0 radical (unpaired) electrons. The summed E-state index contributed by atoms with van der Waals surface area (Å²) in [5, 5.41) is 13.5. The minimum absolute atomic E-state index is 0.0749. The van der Waals surface area contributed by atoms with E-state index in [2.05, 4.69) is 36.4 Å². The number of carbonyl (C=O) groups is 2. The van der Waals surface area contributed by atoms with E-state index in [-0.39, 0.29) is 24.2 Å². The van der Waals surface area contributed by atoms with Crippen LogP contribution in [0.3, 0.4) is 0 Å². The molecule has 2 aliphatic heterocycles. The number of rotatable bonds is 4. The first-order chi connectivity index (χ1) is 14.9. The molecule has 0 bridgehead atoms. The van der Waals surface area contributed by atoms with E-state index < -0.39 is 12.1 Å². The van der Waals surface area contributed by atoms with Gasteiger partial charge in [-0.25, -0.2) is 4.90 Å². The van der Waals surface area contributed by atoms with Crippen LogP contribution < -0.4 is 4.90 Å². The van der Waals surface area contributed by atoms with Gasteiger partial charge >= 0.3 is 0 Å². The minimum Gasteiger partial charge on any atom is -0.337 e. The van der Waals surface area contributed by atoms with Gasteiger partial charge in [-0.1, -0.05) is 44.5 Å². The number of halogens is 1. The lowest BCUT2D eigenvalue weighted by atomic mass is 10.1. The first-order valence-corrected chi connectivity index (χ1v) is 10.4. The van der Waals surface area contributed by atoms with E-state index in [0.717, 1.165) is 21.2 Å². The van der Waals surface area contributed by atoms with Gasteiger partial charge in [-0.15, -0.1) is 0 Å². The van der Waals surface area contributed by atoms with Gasteiger partial charge in [0.05, 0.1) is 5.69 Å². The van der Waals surface area contributed by atoms with Crippen molar-refractivity contribution in [1.29, 1.82) is 0 Å². The SMILES string of the molecule is Cc1ccc(N2C(=O)[C@@H]3[C@@H](N=NN3Cc3nc(-c4cccc(Br)c4)no3)C2=O)cc1C. The van der Waals surface area contributed by atoms with Crippen LogP contribution in [0, 0.1) is 13.8 Å². The van der Waals surface area contributed by atoms with Crippen molar-refractivity contribution in [2.75, 3.05) is 4.90 Å². The second kappa shape index (κ2) is 7.38. The third-order valence-electron chi connectivity index (χ3n) is 5.45. The molecule has 0 N–H and O–H groups in total. The van der Waals surface area contributed by atoms with Crippen LogP contribution in [0.4, 0.5) is 5.69 Å². The average molecular weight is 481 g/mol. The Hall–Kier alpha value is -3.40. The highest BCUT2D eigenvalue weighted by molar-refractivity contribution is 9.10. The van der Waals surface area contributed by atoms with E-state index in [4.69, 9.17) is 4.52 Å². The summed E-state index contributed by atoms with van der Waals surface area (Å²) >= 11 is 3.42. The van der Waals surface area contributed by atoms with E-state index in [1.165, 1.54) is 9.91 Å². The molecule has 0 unspecified atom stereocenters. The van der Waals surface area contributed by atoms with Crippen LogP contribution in [0.25, 0.3) is 11.4 Å². The van der Waals surface area contributed by atoms with Crippen molar-refractivity contribution in [1.82, 2.24) is 15.1 Å². The predicted octanol–water partition coefficient (Wildman–Crippen LogP) is 3.61. The molecule has 0 aliphatic carbocycles. The number of hydrogen-bond acceptors (Lipinski definition) is 8. The summed E-state index contributed by atoms with van der Waals surface area (Å²) in [6, 6.07) is 11.3. The van der Waals surface area contributed by atoms with Gasteiger partial charge in [-0.3, -0.25) is 14.6 Å². The van der Waals surface area contributed by atoms with Crippen LogP contribution in [0.1, 0.15) is 17.0 Å². The molecule has 1 saturated heterocycles. The lowest BCUT2D eigenvalue weighted by Gasteiger charge is -2.19. The molecule has 2 aliphatic rings. The van der Waals surface area contributed by atoms with Gasteiger partial charge in [0.1, 0.15) is 6.54 Å². The molecule has 2 amide bonds. The molecular formula is C21H17BrN6O3. The molecule has 10 heteroatoms. The van der Waals surface area contributed by atoms with Crippen molar-refractivity contribution < 1.29 is 14.1 Å². The van der Waals surface area contributed by atoms with E-state index >= 15 is 0 Å². The van der Waals surface area contributed by atoms with Crippen LogP contribution >= 0.6 is 15.9 Å². The highest BCUT2D eigenvalue weighted by Gasteiger charge is 2.55. The number of fused-ring (bicyclic) bond motifs is 1. The number of imide groups is 1. The fourth-order valence-corrected chi connectivity index (χ4v) is 4.07. The fourth-order valence-electron chi connectivity index (χ4n) is 3.68. The molecule has 1 fully saturated rings. The molecule has 0 spiro atoms. The summed E-state index contributed by atoms with van der Waals surface area (Å²) in [7, 11) is 0. The highest BCUT2D eigenvalue weighted by Crippen LogP contribution is 2.33. The first kappa shape index (κ1) is 19.6. The Morgan fingerprint density at radius 3 is 2.68 bits per heavy atom. The maximum absolute atomic E-state index is 13.1. The third-order valence-corrected chi connectivity index (χ3v) is 5.95. The van der Waals surface area contributed by atoms with Crippen LogP contribution in [0.2, 0.25) is 0 Å². The summed E-state index contributed by atoms with van der Waals surface area (Å²) in [5.41, 5.74) is 3.41. The molecule has 9 nitrogen and oxygen atoms in total. The minimum atomic E-state index is -0.874. The topological polar surface area (TPSA) is 104 Å². The normalized spacial score (nSPS) is 20.1. The monoisotopic (exact) mass is 480 g/mol. The zero-order valence-electron chi connectivity index (χ0n) is 16.7. The standard InChI is InChI=1S/C21H17BrN6O3/c1-11-6-7-15(8-12(11)2)28-20(29)17-18(21(28)30)27(26-24-17)10-16-23-19(25-31-16)13-4-3-5-14(22)9-13/h3-9,17-18H,10H2,1-2H3/t17-,18+/m1/s1. The Bertz CT molecular complexity index is 1240. The van der Waals surface area contributed by atoms with E-state index in [1.54, 1.807) is 6.07 Å². The van der Waals surface area contributed by atoms with Crippen molar-refractivity contribution in [3.8, 4) is 11.4 Å². The summed E-state index contributed by atoms with van der Waals surface area (Å²) in [6.45, 7) is 3.99. The number of carbonyl (C=O) groups excluding carboxylic acids is 2. The zero-order valence-corrected chi connectivity index (χ0v) is 18.3. The molecule has 31 heavy (non-hydrogen) atoms. The molecule has 1 aromatic heterocycles. The molecule has 0 saturated carbocycles. The summed E-state index contributed by atoms with van der Waals surface area (Å²) in [5.74, 6) is -0.0474. The smallest absolute Gasteiger partial charge is 0.263 e. The van der Waals surface area contributed by atoms with Gasteiger partial charge in [0.25, 0.3) is 11.8 Å². The molecular weight excluding hydrogens is 464 g/mol. The summed E-state index contributed by atoms with van der Waals surface area (Å²) in [6.07, 6.45) is 0. The lowest BCUT2D eigenvalue weighted by Crippen LogP contribution is -2.39. The Morgan fingerprint density at radius 1 is 1.06 bits per heavy atom. The number of nitrogens with zero attached hydrogens (tertiary/aromatic N) is 6. The maximum Gasteiger partial charge on any atom is 0.263 e. The van der Waals surface area contributed by atoms with Crippen molar-refractivity contribution in [2.45, 2.75) is 32.5 Å². The van der Waals surface area contributed by atoms with Gasteiger partial charge in [0.2, 0.25) is 11.7 Å². The summed E-state index contributed by atoms with van der Waals surface area (Å²) < 4.78 is 6.24. The Morgan fingerprint density at radius 2 is 1.90 bits per heavy atom. The van der Waals surface area contributed by atoms with Gasteiger partial charge in [-0.05, 0) is 49.2 Å². The van der Waals surface area contributed by atoms with Crippen LogP contribution in [0.5, 0.6) is 0 Å². The number of anilines is 1. The van der Waals surface area contributed by atoms with Crippen LogP contribution in [0.15, 0.2) is 61.8 Å². The van der Waals surface area contributed by atoms with Gasteiger partial charge in [-0.2, -0.15) is 10.1 Å². The fraction of sp³-hybridized carbons (Fsp3) is 0.238. The second-order valence-electron chi connectivity index (χ2n) is 7.49.